The van der Waals surface area contributed by atoms with Crippen LogP contribution in [0.15, 0.2) is 60.8 Å². The van der Waals surface area contributed by atoms with Crippen molar-refractivity contribution in [1.29, 1.82) is 0 Å². The molecule has 1 atom stereocenters. The van der Waals surface area contributed by atoms with Crippen LogP contribution in [0.5, 0.6) is 0 Å². The van der Waals surface area contributed by atoms with Gasteiger partial charge in [-0.25, -0.2) is 0 Å². The van der Waals surface area contributed by atoms with Gasteiger partial charge in [0.25, 0.3) is 5.69 Å². The fourth-order valence-electron chi connectivity index (χ4n) is 3.82. The minimum Gasteiger partial charge on any atom is -0.348 e. The van der Waals surface area contributed by atoms with Crippen molar-refractivity contribution < 1.29 is 4.92 Å². The second kappa shape index (κ2) is 7.67. The van der Waals surface area contributed by atoms with E-state index in [1.54, 1.807) is 12.1 Å². The normalized spacial score (nSPS) is 15.7. The smallest absolute Gasteiger partial charge is 0.269 e. The van der Waals surface area contributed by atoms with Crippen molar-refractivity contribution in [2.24, 2.45) is 0 Å². The summed E-state index contributed by atoms with van der Waals surface area (Å²) in [7, 11) is 0. The summed E-state index contributed by atoms with van der Waals surface area (Å²) in [5, 5.41) is 15.3. The third-order valence-corrected chi connectivity index (χ3v) is 5.67. The molecule has 0 amide bonds. The number of thiocarbonyl (C=S) groups is 1. The predicted molar refractivity (Wildman–Crippen MR) is 118 cm³/mol. The van der Waals surface area contributed by atoms with Crippen LogP contribution in [0.2, 0.25) is 0 Å². The van der Waals surface area contributed by atoms with Crippen molar-refractivity contribution in [2.45, 2.75) is 26.4 Å². The first-order chi connectivity index (χ1) is 13.9. The molecule has 0 radical (unpaired) electrons. The first-order valence-electron chi connectivity index (χ1n) is 9.48. The fraction of sp³-hybridized carbons (Fsp3) is 0.227. The van der Waals surface area contributed by atoms with E-state index < -0.39 is 0 Å². The summed E-state index contributed by atoms with van der Waals surface area (Å²) < 4.78 is 2.18. The van der Waals surface area contributed by atoms with Crippen molar-refractivity contribution in [3.8, 4) is 0 Å². The van der Waals surface area contributed by atoms with Gasteiger partial charge in [0, 0.05) is 42.8 Å². The van der Waals surface area contributed by atoms with Crippen LogP contribution in [0.3, 0.4) is 0 Å². The van der Waals surface area contributed by atoms with Gasteiger partial charge in [-0.15, -0.1) is 0 Å². The minimum absolute atomic E-state index is 0.0829. The van der Waals surface area contributed by atoms with Crippen molar-refractivity contribution >= 4 is 28.7 Å². The van der Waals surface area contributed by atoms with Gasteiger partial charge in [0.05, 0.1) is 11.0 Å². The first kappa shape index (κ1) is 19.1. The Morgan fingerprint density at radius 2 is 1.97 bits per heavy atom. The monoisotopic (exact) mass is 406 g/mol. The summed E-state index contributed by atoms with van der Waals surface area (Å²) in [4.78, 5) is 13.1. The zero-order valence-corrected chi connectivity index (χ0v) is 17.1. The number of anilines is 1. The van der Waals surface area contributed by atoms with Crippen LogP contribution in [0.1, 0.15) is 28.4 Å². The number of nitro benzene ring substituents is 1. The highest BCUT2D eigenvalue weighted by molar-refractivity contribution is 7.80. The quantitative estimate of drug-likeness (QED) is 0.384. The van der Waals surface area contributed by atoms with Crippen molar-refractivity contribution in [3.63, 3.8) is 0 Å². The van der Waals surface area contributed by atoms with E-state index in [1.165, 1.54) is 6.07 Å². The number of nitrogens with zero attached hydrogens (tertiary/aromatic N) is 3. The molecule has 29 heavy (non-hydrogen) atoms. The Balaban J connectivity index is 1.72. The van der Waals surface area contributed by atoms with E-state index in [9.17, 15) is 10.1 Å². The minimum atomic E-state index is -0.359. The second-order valence-corrected chi connectivity index (χ2v) is 7.71. The summed E-state index contributed by atoms with van der Waals surface area (Å²) in [6.45, 7) is 5.62. The average molecular weight is 407 g/mol. The molecule has 0 aliphatic carbocycles. The van der Waals surface area contributed by atoms with Crippen molar-refractivity contribution in [2.75, 3.05) is 11.9 Å². The number of benzene rings is 2. The molecular formula is C22H22N4O2S. The predicted octanol–water partition coefficient (Wildman–Crippen LogP) is 4.82. The third kappa shape index (κ3) is 3.73. The van der Waals surface area contributed by atoms with Gasteiger partial charge in [-0.3, -0.25) is 10.1 Å². The molecule has 0 saturated heterocycles. The van der Waals surface area contributed by atoms with Gasteiger partial charge in [0.2, 0.25) is 0 Å². The molecule has 0 spiro atoms. The highest BCUT2D eigenvalue weighted by atomic mass is 32.1. The van der Waals surface area contributed by atoms with E-state index in [-0.39, 0.29) is 16.7 Å². The van der Waals surface area contributed by atoms with Crippen LogP contribution < -0.4 is 5.32 Å². The summed E-state index contributed by atoms with van der Waals surface area (Å²) in [6.07, 6.45) is 2.04. The molecule has 7 heteroatoms. The maximum Gasteiger partial charge on any atom is 0.269 e. The maximum atomic E-state index is 11.3. The van der Waals surface area contributed by atoms with Crippen LogP contribution in [0.4, 0.5) is 11.4 Å². The van der Waals surface area contributed by atoms with Gasteiger partial charge < -0.3 is 14.8 Å². The lowest BCUT2D eigenvalue weighted by atomic mass is 9.99. The SMILES string of the molecule is Cc1ccc(C)c(NC(=S)N2CCn3cccc3C2c2cccc([N+](=O)[O-])c2)c1. The van der Waals surface area contributed by atoms with Crippen molar-refractivity contribution in [1.82, 2.24) is 9.47 Å². The molecule has 1 N–H and O–H groups in total. The number of non-ortho nitro benzene ring substituents is 1. The molecule has 1 unspecified atom stereocenters. The number of hydrogen-bond acceptors (Lipinski definition) is 3. The van der Waals surface area contributed by atoms with Gasteiger partial charge >= 0.3 is 0 Å². The first-order valence-corrected chi connectivity index (χ1v) is 9.89. The van der Waals surface area contributed by atoms with E-state index in [4.69, 9.17) is 12.2 Å². The zero-order chi connectivity index (χ0) is 20.5. The maximum absolute atomic E-state index is 11.3. The van der Waals surface area contributed by atoms with Gasteiger partial charge in [0.15, 0.2) is 5.11 Å². The largest absolute Gasteiger partial charge is 0.348 e. The number of aromatic nitrogens is 1. The molecule has 0 fully saturated rings. The Morgan fingerprint density at radius 3 is 2.76 bits per heavy atom. The van der Waals surface area contributed by atoms with E-state index in [0.717, 1.165) is 34.6 Å². The molecule has 2 aromatic carbocycles. The molecule has 1 aliphatic heterocycles. The van der Waals surface area contributed by atoms with E-state index >= 15 is 0 Å². The molecule has 2 heterocycles. The zero-order valence-electron chi connectivity index (χ0n) is 16.3. The molecule has 4 rings (SSSR count). The molecule has 1 aliphatic rings. The molecule has 148 valence electrons. The van der Waals surface area contributed by atoms with Crippen LogP contribution >= 0.6 is 12.2 Å². The standard InChI is InChI=1S/C22H22N4O2S/c1-15-8-9-16(2)19(13-15)23-22(29)25-12-11-24-10-4-7-20(24)21(25)17-5-3-6-18(14-17)26(27)28/h3-10,13-14,21H,11-12H2,1-2H3,(H,23,29). The Bertz CT molecular complexity index is 1090. The molecule has 3 aromatic rings. The van der Waals surface area contributed by atoms with E-state index in [0.29, 0.717) is 11.7 Å². The summed E-state index contributed by atoms with van der Waals surface area (Å²) in [5.41, 5.74) is 5.26. The van der Waals surface area contributed by atoms with Gasteiger partial charge in [-0.2, -0.15) is 0 Å². The number of aryl methyl sites for hydroxylation is 2. The van der Waals surface area contributed by atoms with Crippen LogP contribution in [0, 0.1) is 24.0 Å². The van der Waals surface area contributed by atoms with Crippen molar-refractivity contribution in [3.05, 3.63) is 93.3 Å². The number of nitrogens with one attached hydrogen (secondary N) is 1. The average Bonchev–Trinajstić information content (AvgIpc) is 3.18. The summed E-state index contributed by atoms with van der Waals surface area (Å²) in [6, 6.07) is 16.9. The lowest BCUT2D eigenvalue weighted by Crippen LogP contribution is -2.44. The lowest BCUT2D eigenvalue weighted by molar-refractivity contribution is -0.384. The topological polar surface area (TPSA) is 63.3 Å². The lowest BCUT2D eigenvalue weighted by Gasteiger charge is -2.39. The Morgan fingerprint density at radius 1 is 1.14 bits per heavy atom. The Hall–Kier alpha value is -3.19. The van der Waals surface area contributed by atoms with Gasteiger partial charge in [-0.05, 0) is 61.0 Å². The van der Waals surface area contributed by atoms with Gasteiger partial charge in [-0.1, -0.05) is 24.3 Å². The molecular weight excluding hydrogens is 384 g/mol. The molecule has 0 saturated carbocycles. The number of hydrogen-bond donors (Lipinski definition) is 1. The van der Waals surface area contributed by atoms with Crippen LogP contribution in [-0.2, 0) is 6.54 Å². The highest BCUT2D eigenvalue weighted by Gasteiger charge is 2.31. The van der Waals surface area contributed by atoms with Crippen LogP contribution in [-0.4, -0.2) is 26.0 Å². The third-order valence-electron chi connectivity index (χ3n) is 5.33. The Labute approximate surface area is 174 Å². The molecule has 0 bridgehead atoms. The summed E-state index contributed by atoms with van der Waals surface area (Å²) in [5.74, 6) is 0. The number of nitro groups is 1. The number of rotatable bonds is 3. The number of fused-ring (bicyclic) bond motifs is 1. The second-order valence-electron chi connectivity index (χ2n) is 7.32. The Kier molecular flexibility index (Phi) is 5.07. The molecule has 1 aromatic heterocycles. The molecule has 6 nitrogen and oxygen atoms in total. The highest BCUT2D eigenvalue weighted by Crippen LogP contribution is 2.34. The van der Waals surface area contributed by atoms with Crippen LogP contribution in [0.25, 0.3) is 0 Å². The van der Waals surface area contributed by atoms with Gasteiger partial charge in [0.1, 0.15) is 0 Å². The van der Waals surface area contributed by atoms with E-state index in [1.807, 2.05) is 32.2 Å². The van der Waals surface area contributed by atoms with E-state index in [2.05, 4.69) is 39.0 Å². The summed E-state index contributed by atoms with van der Waals surface area (Å²) >= 11 is 5.80. The fourth-order valence-corrected chi connectivity index (χ4v) is 4.13.